The number of allylic oxidation sites excluding steroid dienone is 2. The van der Waals surface area contributed by atoms with Crippen LogP contribution >= 0.6 is 0 Å². The third kappa shape index (κ3) is 3.16. The lowest BCUT2D eigenvalue weighted by Crippen LogP contribution is -2.37. The fourth-order valence-electron chi connectivity index (χ4n) is 4.23. The summed E-state index contributed by atoms with van der Waals surface area (Å²) >= 11 is 0. The van der Waals surface area contributed by atoms with Gasteiger partial charge in [0.2, 0.25) is 6.79 Å². The predicted molar refractivity (Wildman–Crippen MR) is 101 cm³/mol. The van der Waals surface area contributed by atoms with Crippen LogP contribution in [0, 0.1) is 16.0 Å². The van der Waals surface area contributed by atoms with Gasteiger partial charge in [0.15, 0.2) is 17.3 Å². The number of hydrogen-bond donors (Lipinski definition) is 0. The molecule has 0 spiro atoms. The zero-order valence-electron chi connectivity index (χ0n) is 16.1. The molecule has 0 aromatic heterocycles. The minimum Gasteiger partial charge on any atom is -0.465 e. The SMILES string of the molecule is CCOC(=O)C1C(C)=NC2=C(C(=O)CCC2)[C@@H]1c1cc2c(cc1[N+](=O)[O-])OCO2. The third-order valence-electron chi connectivity index (χ3n) is 5.43. The first-order valence-corrected chi connectivity index (χ1v) is 9.48. The Bertz CT molecular complexity index is 979. The number of nitrogens with zero attached hydrogens (tertiary/aromatic N) is 2. The Labute approximate surface area is 166 Å². The normalized spacial score (nSPS) is 22.8. The zero-order valence-corrected chi connectivity index (χ0v) is 16.1. The first-order chi connectivity index (χ1) is 13.9. The van der Waals surface area contributed by atoms with Crippen LogP contribution in [0.2, 0.25) is 0 Å². The maximum absolute atomic E-state index is 12.9. The second kappa shape index (κ2) is 7.31. The molecule has 0 N–H and O–H groups in total. The number of esters is 1. The largest absolute Gasteiger partial charge is 0.465 e. The Hall–Kier alpha value is -3.23. The fourth-order valence-corrected chi connectivity index (χ4v) is 4.23. The van der Waals surface area contributed by atoms with Crippen LogP contribution in [0.15, 0.2) is 28.4 Å². The van der Waals surface area contributed by atoms with Gasteiger partial charge in [-0.05, 0) is 32.8 Å². The molecular weight excluding hydrogens is 380 g/mol. The highest BCUT2D eigenvalue weighted by atomic mass is 16.7. The van der Waals surface area contributed by atoms with Gasteiger partial charge in [0, 0.05) is 34.9 Å². The van der Waals surface area contributed by atoms with E-state index in [4.69, 9.17) is 14.2 Å². The number of rotatable bonds is 4. The van der Waals surface area contributed by atoms with Gasteiger partial charge in [-0.15, -0.1) is 0 Å². The van der Waals surface area contributed by atoms with Crippen molar-refractivity contribution in [1.82, 2.24) is 0 Å². The lowest BCUT2D eigenvalue weighted by Gasteiger charge is -2.34. The molecule has 2 aliphatic heterocycles. The van der Waals surface area contributed by atoms with Crippen LogP contribution < -0.4 is 9.47 Å². The second-order valence-corrected chi connectivity index (χ2v) is 7.12. The van der Waals surface area contributed by atoms with Crippen molar-refractivity contribution in [3.8, 4) is 11.5 Å². The number of fused-ring (bicyclic) bond motifs is 1. The van der Waals surface area contributed by atoms with Gasteiger partial charge in [-0.2, -0.15) is 0 Å². The summed E-state index contributed by atoms with van der Waals surface area (Å²) in [6, 6.07) is 2.79. The molecule has 0 fully saturated rings. The van der Waals surface area contributed by atoms with E-state index in [9.17, 15) is 19.7 Å². The van der Waals surface area contributed by atoms with E-state index in [1.165, 1.54) is 12.1 Å². The highest BCUT2D eigenvalue weighted by Crippen LogP contribution is 2.49. The average Bonchev–Trinajstić information content (AvgIpc) is 3.13. The minimum absolute atomic E-state index is 0.0464. The van der Waals surface area contributed by atoms with Crippen molar-refractivity contribution in [2.75, 3.05) is 13.4 Å². The van der Waals surface area contributed by atoms with Gasteiger partial charge >= 0.3 is 5.97 Å². The fraction of sp³-hybridized carbons (Fsp3) is 0.450. The van der Waals surface area contributed by atoms with Crippen molar-refractivity contribution in [1.29, 1.82) is 0 Å². The highest BCUT2D eigenvalue weighted by molar-refractivity contribution is 6.09. The maximum Gasteiger partial charge on any atom is 0.315 e. The standard InChI is InChI=1S/C20H20N2O7/c1-3-27-20(24)17-10(2)21-12-5-4-6-14(23)19(12)18(17)11-7-15-16(29-9-28-15)8-13(11)22(25)26/h7-8,17-18H,3-6,9H2,1-2H3/t17?,18-/m1/s1. The summed E-state index contributed by atoms with van der Waals surface area (Å²) in [7, 11) is 0. The third-order valence-corrected chi connectivity index (χ3v) is 5.43. The molecule has 0 saturated heterocycles. The maximum atomic E-state index is 12.9. The van der Waals surface area contributed by atoms with Crippen molar-refractivity contribution in [2.45, 2.75) is 39.0 Å². The van der Waals surface area contributed by atoms with E-state index < -0.39 is 22.7 Å². The van der Waals surface area contributed by atoms with Gasteiger partial charge in [-0.25, -0.2) is 0 Å². The number of ether oxygens (including phenoxy) is 3. The molecule has 9 heteroatoms. The molecule has 0 saturated carbocycles. The molecule has 4 rings (SSSR count). The number of benzene rings is 1. The van der Waals surface area contributed by atoms with E-state index in [0.717, 1.165) is 0 Å². The Kier molecular flexibility index (Phi) is 4.81. The number of carbonyl (C=O) groups is 2. The summed E-state index contributed by atoms with van der Waals surface area (Å²) in [6.45, 7) is 3.48. The van der Waals surface area contributed by atoms with Crippen LogP contribution in [0.1, 0.15) is 44.6 Å². The molecule has 0 radical (unpaired) electrons. The molecule has 0 bridgehead atoms. The molecule has 1 unspecified atom stereocenters. The Morgan fingerprint density at radius 2 is 2.03 bits per heavy atom. The van der Waals surface area contributed by atoms with E-state index >= 15 is 0 Å². The van der Waals surface area contributed by atoms with Gasteiger partial charge in [-0.3, -0.25) is 24.7 Å². The van der Waals surface area contributed by atoms with Crippen LogP contribution in [0.4, 0.5) is 5.69 Å². The lowest BCUT2D eigenvalue weighted by atomic mass is 9.71. The Balaban J connectivity index is 1.95. The molecular formula is C20H20N2O7. The highest BCUT2D eigenvalue weighted by Gasteiger charge is 2.46. The van der Waals surface area contributed by atoms with Crippen molar-refractivity contribution in [3.05, 3.63) is 39.1 Å². The molecule has 1 aromatic rings. The van der Waals surface area contributed by atoms with Gasteiger partial charge < -0.3 is 14.2 Å². The van der Waals surface area contributed by atoms with Crippen LogP contribution in [-0.4, -0.2) is 35.8 Å². The van der Waals surface area contributed by atoms with Gasteiger partial charge in [0.1, 0.15) is 5.92 Å². The molecule has 152 valence electrons. The molecule has 2 heterocycles. The summed E-state index contributed by atoms with van der Waals surface area (Å²) in [6.07, 6.45) is 1.56. The van der Waals surface area contributed by atoms with Crippen LogP contribution in [0.25, 0.3) is 0 Å². The quantitative estimate of drug-likeness (QED) is 0.433. The van der Waals surface area contributed by atoms with E-state index in [2.05, 4.69) is 4.99 Å². The summed E-state index contributed by atoms with van der Waals surface area (Å²) < 4.78 is 15.9. The van der Waals surface area contributed by atoms with Crippen LogP contribution in [0.5, 0.6) is 11.5 Å². The van der Waals surface area contributed by atoms with E-state index in [0.29, 0.717) is 42.0 Å². The van der Waals surface area contributed by atoms with E-state index in [1.54, 1.807) is 13.8 Å². The molecule has 1 aromatic carbocycles. The monoisotopic (exact) mass is 400 g/mol. The topological polar surface area (TPSA) is 117 Å². The number of carbonyl (C=O) groups excluding carboxylic acids is 2. The summed E-state index contributed by atoms with van der Waals surface area (Å²) in [5.74, 6) is -1.87. The Morgan fingerprint density at radius 3 is 2.72 bits per heavy atom. The average molecular weight is 400 g/mol. The van der Waals surface area contributed by atoms with Crippen molar-refractivity contribution in [3.63, 3.8) is 0 Å². The predicted octanol–water partition coefficient (Wildman–Crippen LogP) is 3.07. The molecule has 2 atom stereocenters. The lowest BCUT2D eigenvalue weighted by molar-refractivity contribution is -0.385. The van der Waals surface area contributed by atoms with Gasteiger partial charge in [0.25, 0.3) is 5.69 Å². The second-order valence-electron chi connectivity index (χ2n) is 7.12. The number of Topliss-reactive ketones (excluding diaryl/α,β-unsaturated/α-hetero) is 1. The molecule has 3 aliphatic rings. The minimum atomic E-state index is -0.921. The first-order valence-electron chi connectivity index (χ1n) is 9.48. The van der Waals surface area contributed by atoms with Crippen LogP contribution in [-0.2, 0) is 14.3 Å². The van der Waals surface area contributed by atoms with Gasteiger partial charge in [-0.1, -0.05) is 0 Å². The Morgan fingerprint density at radius 1 is 1.31 bits per heavy atom. The smallest absolute Gasteiger partial charge is 0.315 e. The summed E-state index contributed by atoms with van der Waals surface area (Å²) in [5.41, 5.74) is 1.44. The van der Waals surface area contributed by atoms with Crippen molar-refractivity contribution in [2.24, 2.45) is 10.9 Å². The van der Waals surface area contributed by atoms with Crippen molar-refractivity contribution >= 4 is 23.2 Å². The van der Waals surface area contributed by atoms with E-state index in [1.807, 2.05) is 0 Å². The molecule has 1 aliphatic carbocycles. The van der Waals surface area contributed by atoms with Crippen LogP contribution in [0.3, 0.4) is 0 Å². The number of aliphatic imine (C=N–C) groups is 1. The first kappa shape index (κ1) is 19.1. The number of hydrogen-bond acceptors (Lipinski definition) is 8. The summed E-state index contributed by atoms with van der Waals surface area (Å²) in [5, 5.41) is 11.9. The number of nitro benzene ring substituents is 1. The number of ketones is 1. The zero-order chi connectivity index (χ0) is 20.7. The molecule has 0 amide bonds. The van der Waals surface area contributed by atoms with Crippen molar-refractivity contribution < 1.29 is 28.7 Å². The molecule has 29 heavy (non-hydrogen) atoms. The molecule has 9 nitrogen and oxygen atoms in total. The number of nitro groups is 1. The van der Waals surface area contributed by atoms with Gasteiger partial charge in [0.05, 0.1) is 17.6 Å². The summed E-state index contributed by atoms with van der Waals surface area (Å²) in [4.78, 5) is 41.5. The van der Waals surface area contributed by atoms with E-state index in [-0.39, 0.29) is 36.2 Å².